The second-order valence-electron chi connectivity index (χ2n) is 6.97. The quantitative estimate of drug-likeness (QED) is 0.788. The number of likely N-dealkylation sites (tertiary alicyclic amines) is 1. The molecule has 0 saturated carbocycles. The lowest BCUT2D eigenvalue weighted by Crippen LogP contribution is -2.34. The van der Waals surface area contributed by atoms with E-state index >= 15 is 0 Å². The van der Waals surface area contributed by atoms with Crippen molar-refractivity contribution in [2.45, 2.75) is 38.6 Å². The summed E-state index contributed by atoms with van der Waals surface area (Å²) in [7, 11) is 4.11. The van der Waals surface area contributed by atoms with Crippen LogP contribution in [-0.4, -0.2) is 53.9 Å². The normalized spacial score (nSPS) is 19.4. The van der Waals surface area contributed by atoms with Gasteiger partial charge in [0.1, 0.15) is 5.15 Å². The first-order valence-electron chi connectivity index (χ1n) is 7.32. The van der Waals surface area contributed by atoms with Crippen LogP contribution < -0.4 is 0 Å². The van der Waals surface area contributed by atoms with E-state index in [-0.39, 0.29) is 11.3 Å². The molecule has 2 rings (SSSR count). The molecule has 1 fully saturated rings. The Hall–Kier alpha value is -1.13. The van der Waals surface area contributed by atoms with E-state index in [9.17, 15) is 4.79 Å². The molecule has 1 aromatic rings. The van der Waals surface area contributed by atoms with E-state index in [2.05, 4.69) is 44.8 Å². The van der Waals surface area contributed by atoms with E-state index < -0.39 is 0 Å². The van der Waals surface area contributed by atoms with E-state index in [1.165, 1.54) is 0 Å². The Morgan fingerprint density at radius 1 is 1.38 bits per heavy atom. The Labute approximate surface area is 132 Å². The number of hydrogen-bond acceptors (Lipinski definition) is 3. The first kappa shape index (κ1) is 16.2. The van der Waals surface area contributed by atoms with Crippen LogP contribution in [0.4, 0.5) is 0 Å². The van der Waals surface area contributed by atoms with Crippen molar-refractivity contribution >= 4 is 17.5 Å². The second-order valence-corrected chi connectivity index (χ2v) is 7.36. The summed E-state index contributed by atoms with van der Waals surface area (Å²) < 4.78 is 0. The van der Waals surface area contributed by atoms with Gasteiger partial charge in [-0.15, -0.1) is 0 Å². The molecule has 5 heteroatoms. The number of aromatic nitrogens is 1. The zero-order valence-corrected chi connectivity index (χ0v) is 14.2. The minimum atomic E-state index is -0.128. The Morgan fingerprint density at radius 2 is 2.05 bits per heavy atom. The lowest BCUT2D eigenvalue weighted by atomic mass is 9.91. The standard InChI is InChI=1S/C16H24ClN3O/c1-16(2,3)13-8-11(9-14(17)18-13)15(21)20-7-6-12(10-20)19(4)5/h8-9,12H,6-7,10H2,1-5H3. The Kier molecular flexibility index (Phi) is 4.59. The minimum absolute atomic E-state index is 0.0501. The van der Waals surface area contributed by atoms with E-state index in [0.29, 0.717) is 16.8 Å². The van der Waals surface area contributed by atoms with Crippen molar-refractivity contribution in [3.05, 3.63) is 28.5 Å². The molecule has 1 atom stereocenters. The average molecular weight is 310 g/mol. The van der Waals surface area contributed by atoms with Gasteiger partial charge in [-0.05, 0) is 32.6 Å². The Balaban J connectivity index is 2.22. The highest BCUT2D eigenvalue weighted by Crippen LogP contribution is 2.25. The number of halogens is 1. The van der Waals surface area contributed by atoms with Crippen LogP contribution in [0.15, 0.2) is 12.1 Å². The van der Waals surface area contributed by atoms with E-state index in [1.54, 1.807) is 6.07 Å². The van der Waals surface area contributed by atoms with Crippen LogP contribution in [0.2, 0.25) is 5.15 Å². The van der Waals surface area contributed by atoms with Gasteiger partial charge in [-0.3, -0.25) is 4.79 Å². The number of nitrogens with zero attached hydrogens (tertiary/aromatic N) is 3. The largest absolute Gasteiger partial charge is 0.337 e. The molecule has 1 amide bonds. The van der Waals surface area contributed by atoms with Crippen molar-refractivity contribution in [2.75, 3.05) is 27.2 Å². The topological polar surface area (TPSA) is 36.4 Å². The zero-order chi connectivity index (χ0) is 15.8. The maximum Gasteiger partial charge on any atom is 0.254 e. The third kappa shape index (κ3) is 3.74. The maximum absolute atomic E-state index is 12.7. The number of pyridine rings is 1. The predicted molar refractivity (Wildman–Crippen MR) is 85.9 cm³/mol. The van der Waals surface area contributed by atoms with Crippen LogP contribution in [0.5, 0.6) is 0 Å². The number of rotatable bonds is 2. The molecule has 116 valence electrons. The monoisotopic (exact) mass is 309 g/mol. The zero-order valence-electron chi connectivity index (χ0n) is 13.5. The molecule has 0 spiro atoms. The van der Waals surface area contributed by atoms with Crippen LogP contribution in [0, 0.1) is 0 Å². The molecule has 21 heavy (non-hydrogen) atoms. The molecule has 1 unspecified atom stereocenters. The van der Waals surface area contributed by atoms with Crippen LogP contribution in [0.25, 0.3) is 0 Å². The third-order valence-electron chi connectivity index (χ3n) is 3.99. The van der Waals surface area contributed by atoms with Crippen LogP contribution >= 0.6 is 11.6 Å². The summed E-state index contributed by atoms with van der Waals surface area (Å²) in [5.74, 6) is 0.0501. The van der Waals surface area contributed by atoms with E-state index in [0.717, 1.165) is 25.2 Å². The van der Waals surface area contributed by atoms with Gasteiger partial charge < -0.3 is 9.80 Å². The summed E-state index contributed by atoms with van der Waals surface area (Å²) in [6.07, 6.45) is 1.02. The summed E-state index contributed by atoms with van der Waals surface area (Å²) in [5.41, 5.74) is 1.36. The molecule has 1 aromatic heterocycles. The molecule has 1 saturated heterocycles. The summed E-state index contributed by atoms with van der Waals surface area (Å²) in [4.78, 5) is 21.1. The van der Waals surface area contributed by atoms with Crippen LogP contribution in [-0.2, 0) is 5.41 Å². The van der Waals surface area contributed by atoms with Gasteiger partial charge in [0.15, 0.2) is 0 Å². The van der Waals surface area contributed by atoms with Crippen molar-refractivity contribution < 1.29 is 4.79 Å². The van der Waals surface area contributed by atoms with Crippen molar-refractivity contribution in [2.24, 2.45) is 0 Å². The molecule has 0 aromatic carbocycles. The number of amides is 1. The lowest BCUT2D eigenvalue weighted by Gasteiger charge is -2.22. The van der Waals surface area contributed by atoms with Crippen molar-refractivity contribution in [1.82, 2.24) is 14.8 Å². The number of hydrogen-bond donors (Lipinski definition) is 0. The Bertz CT molecular complexity index is 537. The van der Waals surface area contributed by atoms with E-state index in [4.69, 9.17) is 11.6 Å². The highest BCUT2D eigenvalue weighted by molar-refractivity contribution is 6.29. The molecular weight excluding hydrogens is 286 g/mol. The van der Waals surface area contributed by atoms with E-state index in [1.807, 2.05) is 11.0 Å². The second kappa shape index (κ2) is 5.93. The highest BCUT2D eigenvalue weighted by Gasteiger charge is 2.29. The number of carbonyl (C=O) groups excluding carboxylic acids is 1. The molecule has 0 aliphatic carbocycles. The summed E-state index contributed by atoms with van der Waals surface area (Å²) in [6.45, 7) is 7.77. The maximum atomic E-state index is 12.7. The van der Waals surface area contributed by atoms with Crippen molar-refractivity contribution in [3.8, 4) is 0 Å². The summed E-state index contributed by atoms with van der Waals surface area (Å²) in [5, 5.41) is 0.383. The summed E-state index contributed by atoms with van der Waals surface area (Å²) in [6, 6.07) is 3.98. The molecule has 0 radical (unpaired) electrons. The molecule has 1 aliphatic heterocycles. The first-order chi connectivity index (χ1) is 9.68. The van der Waals surface area contributed by atoms with Crippen LogP contribution in [0.1, 0.15) is 43.2 Å². The van der Waals surface area contributed by atoms with Gasteiger partial charge in [-0.1, -0.05) is 32.4 Å². The smallest absolute Gasteiger partial charge is 0.254 e. The first-order valence-corrected chi connectivity index (χ1v) is 7.70. The minimum Gasteiger partial charge on any atom is -0.337 e. The van der Waals surface area contributed by atoms with Crippen molar-refractivity contribution in [3.63, 3.8) is 0 Å². The van der Waals surface area contributed by atoms with Crippen LogP contribution in [0.3, 0.4) is 0 Å². The average Bonchev–Trinajstić information content (AvgIpc) is 2.85. The number of likely N-dealkylation sites (N-methyl/N-ethyl adjacent to an activating group) is 1. The van der Waals surface area contributed by atoms with Gasteiger partial charge in [-0.2, -0.15) is 0 Å². The van der Waals surface area contributed by atoms with Gasteiger partial charge in [0, 0.05) is 35.8 Å². The SMILES string of the molecule is CN(C)C1CCN(C(=O)c2cc(Cl)nc(C(C)(C)C)c2)C1. The molecule has 0 N–H and O–H groups in total. The fraction of sp³-hybridized carbons (Fsp3) is 0.625. The lowest BCUT2D eigenvalue weighted by molar-refractivity contribution is 0.0782. The fourth-order valence-electron chi connectivity index (χ4n) is 2.53. The predicted octanol–water partition coefficient (Wildman–Crippen LogP) is 2.81. The van der Waals surface area contributed by atoms with Gasteiger partial charge in [0.25, 0.3) is 5.91 Å². The Morgan fingerprint density at radius 3 is 2.57 bits per heavy atom. The van der Waals surface area contributed by atoms with Gasteiger partial charge in [0.2, 0.25) is 0 Å². The molecular formula is C16H24ClN3O. The molecule has 1 aliphatic rings. The number of carbonyl (C=O) groups is 1. The fourth-order valence-corrected chi connectivity index (χ4v) is 2.74. The molecule has 0 bridgehead atoms. The van der Waals surface area contributed by atoms with Gasteiger partial charge >= 0.3 is 0 Å². The molecule has 2 heterocycles. The highest BCUT2D eigenvalue weighted by atomic mass is 35.5. The molecule has 4 nitrogen and oxygen atoms in total. The summed E-state index contributed by atoms with van der Waals surface area (Å²) >= 11 is 6.10. The van der Waals surface area contributed by atoms with Gasteiger partial charge in [-0.25, -0.2) is 4.98 Å². The van der Waals surface area contributed by atoms with Gasteiger partial charge in [0.05, 0.1) is 0 Å². The van der Waals surface area contributed by atoms with Crippen molar-refractivity contribution in [1.29, 1.82) is 0 Å². The third-order valence-corrected chi connectivity index (χ3v) is 4.18.